The van der Waals surface area contributed by atoms with Gasteiger partial charge in [-0.2, -0.15) is 5.10 Å². The van der Waals surface area contributed by atoms with Crippen LogP contribution in [0.5, 0.6) is 0 Å². The second-order valence-electron chi connectivity index (χ2n) is 6.43. The van der Waals surface area contributed by atoms with Crippen LogP contribution in [0.4, 0.5) is 0 Å². The van der Waals surface area contributed by atoms with E-state index in [0.717, 1.165) is 34.7 Å². The monoisotopic (exact) mass is 359 g/mol. The van der Waals surface area contributed by atoms with Gasteiger partial charge in [0, 0.05) is 12.1 Å². The minimum absolute atomic E-state index is 0.202. The highest BCUT2D eigenvalue weighted by Gasteiger charge is 2.19. The Morgan fingerprint density at radius 2 is 1.89 bits per heavy atom. The number of aryl methyl sites for hydroxylation is 1. The van der Waals surface area contributed by atoms with Gasteiger partial charge in [0.25, 0.3) is 5.91 Å². The molecule has 0 aliphatic rings. The number of fused-ring (bicyclic) bond motifs is 1. The van der Waals surface area contributed by atoms with Crippen LogP contribution in [0.25, 0.3) is 22.3 Å². The van der Waals surface area contributed by atoms with E-state index in [0.29, 0.717) is 5.69 Å². The standard InChI is InChI=1S/C21H21N5O/c1-3-26-19-12-8-7-11-16(19)23-20(26)14(2)22-21(27)18-13-17(24-25-18)15-9-5-4-6-10-15/h4-14H,3H2,1-2H3,(H,22,27)(H,24,25). The van der Waals surface area contributed by atoms with Crippen LogP contribution in [0.2, 0.25) is 0 Å². The summed E-state index contributed by atoms with van der Waals surface area (Å²) < 4.78 is 2.13. The number of nitrogens with one attached hydrogen (secondary N) is 2. The summed E-state index contributed by atoms with van der Waals surface area (Å²) >= 11 is 0. The summed E-state index contributed by atoms with van der Waals surface area (Å²) in [7, 11) is 0. The average Bonchev–Trinajstić information content (AvgIpc) is 3.33. The molecule has 4 aromatic rings. The molecule has 0 spiro atoms. The van der Waals surface area contributed by atoms with Gasteiger partial charge in [-0.25, -0.2) is 4.98 Å². The number of carbonyl (C=O) groups is 1. The number of aromatic amines is 1. The number of aromatic nitrogens is 4. The number of rotatable bonds is 5. The number of para-hydroxylation sites is 2. The van der Waals surface area contributed by atoms with Crippen LogP contribution in [0, 0.1) is 0 Å². The van der Waals surface area contributed by atoms with Gasteiger partial charge in [0.1, 0.15) is 11.5 Å². The predicted molar refractivity (Wildman–Crippen MR) is 105 cm³/mol. The summed E-state index contributed by atoms with van der Waals surface area (Å²) in [6.45, 7) is 4.81. The maximum Gasteiger partial charge on any atom is 0.269 e. The Labute approximate surface area is 157 Å². The first-order chi connectivity index (χ1) is 13.2. The molecule has 0 aliphatic carbocycles. The zero-order valence-electron chi connectivity index (χ0n) is 15.3. The van der Waals surface area contributed by atoms with Crippen molar-refractivity contribution in [2.75, 3.05) is 0 Å². The van der Waals surface area contributed by atoms with Gasteiger partial charge < -0.3 is 9.88 Å². The molecule has 0 radical (unpaired) electrons. The third kappa shape index (κ3) is 3.21. The Hall–Kier alpha value is -3.41. The van der Waals surface area contributed by atoms with Gasteiger partial charge in [-0.05, 0) is 32.0 Å². The van der Waals surface area contributed by atoms with E-state index in [1.165, 1.54) is 0 Å². The van der Waals surface area contributed by atoms with Crippen molar-refractivity contribution in [1.82, 2.24) is 25.1 Å². The Balaban J connectivity index is 1.56. The molecule has 0 bridgehead atoms. The smallest absolute Gasteiger partial charge is 0.269 e. The van der Waals surface area contributed by atoms with Crippen molar-refractivity contribution < 1.29 is 4.79 Å². The molecule has 0 saturated carbocycles. The largest absolute Gasteiger partial charge is 0.341 e. The molecule has 1 unspecified atom stereocenters. The second-order valence-corrected chi connectivity index (χ2v) is 6.43. The first-order valence-corrected chi connectivity index (χ1v) is 9.04. The van der Waals surface area contributed by atoms with Crippen molar-refractivity contribution in [1.29, 1.82) is 0 Å². The van der Waals surface area contributed by atoms with Crippen LogP contribution in [0.3, 0.4) is 0 Å². The molecule has 6 heteroatoms. The van der Waals surface area contributed by atoms with E-state index in [1.54, 1.807) is 6.07 Å². The molecule has 2 N–H and O–H groups in total. The SMILES string of the molecule is CCn1c(C(C)NC(=O)c2cc(-c3ccccc3)n[nH]2)nc2ccccc21. The number of imidazole rings is 1. The number of benzene rings is 2. The average molecular weight is 359 g/mol. The highest BCUT2D eigenvalue weighted by molar-refractivity contribution is 5.93. The van der Waals surface area contributed by atoms with E-state index < -0.39 is 0 Å². The number of nitrogens with zero attached hydrogens (tertiary/aromatic N) is 3. The molecular formula is C21H21N5O. The van der Waals surface area contributed by atoms with Gasteiger partial charge in [-0.3, -0.25) is 9.89 Å². The lowest BCUT2D eigenvalue weighted by Gasteiger charge is -2.14. The van der Waals surface area contributed by atoms with Crippen LogP contribution < -0.4 is 5.32 Å². The lowest BCUT2D eigenvalue weighted by Crippen LogP contribution is -2.29. The van der Waals surface area contributed by atoms with E-state index in [-0.39, 0.29) is 11.9 Å². The highest BCUT2D eigenvalue weighted by atomic mass is 16.2. The molecule has 0 aliphatic heterocycles. The molecule has 0 fully saturated rings. The summed E-state index contributed by atoms with van der Waals surface area (Å²) in [6, 6.07) is 19.3. The quantitative estimate of drug-likeness (QED) is 0.567. The van der Waals surface area contributed by atoms with Gasteiger partial charge in [-0.1, -0.05) is 42.5 Å². The van der Waals surface area contributed by atoms with Crippen LogP contribution in [0.15, 0.2) is 60.7 Å². The summed E-state index contributed by atoms with van der Waals surface area (Å²) in [5.74, 6) is 0.640. The molecular weight excluding hydrogens is 338 g/mol. The van der Waals surface area contributed by atoms with Gasteiger partial charge >= 0.3 is 0 Å². The van der Waals surface area contributed by atoms with Gasteiger partial charge in [-0.15, -0.1) is 0 Å². The Kier molecular flexibility index (Phi) is 4.46. The third-order valence-electron chi connectivity index (χ3n) is 4.63. The lowest BCUT2D eigenvalue weighted by molar-refractivity contribution is 0.0932. The van der Waals surface area contributed by atoms with Crippen LogP contribution in [-0.4, -0.2) is 25.7 Å². The zero-order valence-corrected chi connectivity index (χ0v) is 15.3. The fourth-order valence-electron chi connectivity index (χ4n) is 3.29. The number of hydrogen-bond acceptors (Lipinski definition) is 3. The molecule has 136 valence electrons. The van der Waals surface area contributed by atoms with E-state index in [1.807, 2.05) is 61.5 Å². The van der Waals surface area contributed by atoms with Gasteiger partial charge in [0.05, 0.1) is 22.8 Å². The molecule has 6 nitrogen and oxygen atoms in total. The Morgan fingerprint density at radius 1 is 1.15 bits per heavy atom. The van der Waals surface area contributed by atoms with Crippen LogP contribution in [-0.2, 0) is 6.54 Å². The lowest BCUT2D eigenvalue weighted by atomic mass is 10.1. The minimum Gasteiger partial charge on any atom is -0.341 e. The molecule has 27 heavy (non-hydrogen) atoms. The number of amides is 1. The molecule has 2 heterocycles. The molecule has 4 rings (SSSR count). The van der Waals surface area contributed by atoms with E-state index >= 15 is 0 Å². The molecule has 0 saturated heterocycles. The topological polar surface area (TPSA) is 75.6 Å². The Bertz CT molecular complexity index is 1080. The summed E-state index contributed by atoms with van der Waals surface area (Å²) in [5, 5.41) is 10.1. The van der Waals surface area contributed by atoms with Crippen molar-refractivity contribution in [2.45, 2.75) is 26.4 Å². The third-order valence-corrected chi connectivity index (χ3v) is 4.63. The van der Waals surface area contributed by atoms with E-state index in [2.05, 4.69) is 27.0 Å². The maximum atomic E-state index is 12.7. The number of H-pyrrole nitrogens is 1. The highest BCUT2D eigenvalue weighted by Crippen LogP contribution is 2.21. The zero-order chi connectivity index (χ0) is 18.8. The minimum atomic E-state index is -0.228. The van der Waals surface area contributed by atoms with Crippen molar-refractivity contribution in [3.8, 4) is 11.3 Å². The maximum absolute atomic E-state index is 12.7. The first-order valence-electron chi connectivity index (χ1n) is 9.04. The van der Waals surface area contributed by atoms with E-state index in [9.17, 15) is 4.79 Å². The molecule has 2 aromatic carbocycles. The Morgan fingerprint density at radius 3 is 2.67 bits per heavy atom. The predicted octanol–water partition coefficient (Wildman–Crippen LogP) is 3.94. The van der Waals surface area contributed by atoms with E-state index in [4.69, 9.17) is 4.98 Å². The molecule has 1 amide bonds. The first kappa shape index (κ1) is 17.0. The number of hydrogen-bond donors (Lipinski definition) is 2. The normalized spacial score (nSPS) is 12.2. The summed E-state index contributed by atoms with van der Waals surface area (Å²) in [5.41, 5.74) is 4.15. The number of carbonyl (C=O) groups excluding carboxylic acids is 1. The summed E-state index contributed by atoms with van der Waals surface area (Å²) in [6.07, 6.45) is 0. The van der Waals surface area contributed by atoms with Crippen molar-refractivity contribution >= 4 is 16.9 Å². The van der Waals surface area contributed by atoms with Crippen LogP contribution >= 0.6 is 0 Å². The van der Waals surface area contributed by atoms with Crippen LogP contribution in [0.1, 0.15) is 36.2 Å². The van der Waals surface area contributed by atoms with Crippen molar-refractivity contribution in [2.24, 2.45) is 0 Å². The second kappa shape index (κ2) is 7.07. The van der Waals surface area contributed by atoms with Gasteiger partial charge in [0.2, 0.25) is 0 Å². The van der Waals surface area contributed by atoms with Gasteiger partial charge in [0.15, 0.2) is 0 Å². The fraction of sp³-hybridized carbons (Fsp3) is 0.190. The molecule has 2 aromatic heterocycles. The fourth-order valence-corrected chi connectivity index (χ4v) is 3.29. The summed E-state index contributed by atoms with van der Waals surface area (Å²) in [4.78, 5) is 17.4. The van der Waals surface area contributed by atoms with Crippen molar-refractivity contribution in [3.05, 3.63) is 72.2 Å². The molecule has 1 atom stereocenters. The van der Waals surface area contributed by atoms with Crippen molar-refractivity contribution in [3.63, 3.8) is 0 Å².